The molecule has 4 nitrogen and oxygen atoms in total. The van der Waals surface area contributed by atoms with Crippen molar-refractivity contribution in [3.05, 3.63) is 232 Å². The summed E-state index contributed by atoms with van der Waals surface area (Å²) in [5, 5.41) is 11.8. The molecule has 0 N–H and O–H groups in total. The molecule has 0 fully saturated rings. The molecule has 0 saturated heterocycles. The van der Waals surface area contributed by atoms with Crippen LogP contribution in [0.5, 0.6) is 0 Å². The highest BCUT2D eigenvalue weighted by Gasteiger charge is 2.14. The average Bonchev–Trinajstić information content (AvgIpc) is 3.27. The Morgan fingerprint density at radius 2 is 0.793 bits per heavy atom. The molecule has 0 bridgehead atoms. The second-order valence-corrected chi connectivity index (χ2v) is 14.3. The highest BCUT2D eigenvalue weighted by molar-refractivity contribution is 6.01. The van der Waals surface area contributed by atoms with E-state index in [4.69, 9.17) is 6.57 Å². The number of hydrogen-bond donors (Lipinski definition) is 0. The molecule has 8 aromatic rings. The van der Waals surface area contributed by atoms with Crippen LogP contribution in [0.3, 0.4) is 0 Å². The monoisotopic (exact) mass is 744 g/mol. The van der Waals surface area contributed by atoms with E-state index in [1.54, 1.807) is 0 Å². The van der Waals surface area contributed by atoms with Crippen molar-refractivity contribution in [1.82, 2.24) is 0 Å². The van der Waals surface area contributed by atoms with Crippen LogP contribution in [0.25, 0.3) is 39.9 Å². The number of nitriles is 1. The number of para-hydroxylation sites is 2. The highest BCUT2D eigenvalue weighted by atomic mass is 15.1. The van der Waals surface area contributed by atoms with E-state index in [1.807, 2.05) is 60.7 Å². The third-order valence-electron chi connectivity index (χ3n) is 10.2. The van der Waals surface area contributed by atoms with Crippen LogP contribution in [0.15, 0.2) is 182 Å². The Hall–Kier alpha value is -7.92. The van der Waals surface area contributed by atoms with Crippen LogP contribution in [0.4, 0.5) is 39.8 Å². The smallest absolute Gasteiger partial charge is 0.195 e. The van der Waals surface area contributed by atoms with E-state index in [9.17, 15) is 5.26 Å². The fourth-order valence-electron chi connectivity index (χ4n) is 7.15. The van der Waals surface area contributed by atoms with E-state index < -0.39 is 0 Å². The van der Waals surface area contributed by atoms with Crippen LogP contribution in [-0.4, -0.2) is 0 Å². The highest BCUT2D eigenvalue weighted by Crippen LogP contribution is 2.37. The minimum atomic E-state index is 0.511. The normalized spacial score (nSPS) is 11.1. The van der Waals surface area contributed by atoms with Crippen LogP contribution >= 0.6 is 0 Å². The van der Waals surface area contributed by atoms with Gasteiger partial charge in [-0.1, -0.05) is 126 Å². The molecule has 0 aliphatic rings. The van der Waals surface area contributed by atoms with Crippen molar-refractivity contribution in [2.24, 2.45) is 0 Å². The van der Waals surface area contributed by atoms with E-state index in [2.05, 4.69) is 180 Å². The largest absolute Gasteiger partial charge is 0.311 e. The van der Waals surface area contributed by atoms with Crippen molar-refractivity contribution in [3.63, 3.8) is 0 Å². The number of hydrogen-bond acceptors (Lipinski definition) is 3. The van der Waals surface area contributed by atoms with Gasteiger partial charge in [0.1, 0.15) is 0 Å². The van der Waals surface area contributed by atoms with Crippen LogP contribution < -0.4 is 9.80 Å². The molecule has 0 unspecified atom stereocenters. The van der Waals surface area contributed by atoms with Crippen molar-refractivity contribution < 1.29 is 0 Å². The predicted octanol–water partition coefficient (Wildman–Crippen LogP) is 15.2. The summed E-state index contributed by atoms with van der Waals surface area (Å²) >= 11 is 0. The maximum atomic E-state index is 10.3. The molecule has 0 heterocycles. The van der Waals surface area contributed by atoms with Crippen LogP contribution in [0.2, 0.25) is 0 Å². The van der Waals surface area contributed by atoms with Gasteiger partial charge in [-0.25, -0.2) is 4.85 Å². The van der Waals surface area contributed by atoms with Crippen molar-refractivity contribution >= 4 is 74.9 Å². The van der Waals surface area contributed by atoms with Crippen molar-refractivity contribution in [2.75, 3.05) is 9.80 Å². The Kier molecular flexibility index (Phi) is 10.8. The predicted molar refractivity (Wildman–Crippen MR) is 245 cm³/mol. The molecule has 0 radical (unpaired) electrons. The van der Waals surface area contributed by atoms with Crippen LogP contribution in [0, 0.1) is 31.8 Å². The second kappa shape index (κ2) is 16.8. The molecular weight excluding hydrogens is 705 g/mol. The first-order chi connectivity index (χ1) is 28.4. The van der Waals surface area contributed by atoms with Gasteiger partial charge in [-0.2, -0.15) is 5.26 Å². The van der Waals surface area contributed by atoms with E-state index in [0.29, 0.717) is 11.3 Å². The van der Waals surface area contributed by atoms with Gasteiger partial charge in [-0.05, 0) is 138 Å². The molecule has 0 saturated carbocycles. The third kappa shape index (κ3) is 8.19. The summed E-state index contributed by atoms with van der Waals surface area (Å²) in [5.74, 6) is 0. The lowest BCUT2D eigenvalue weighted by Gasteiger charge is -2.25. The molecule has 0 aliphatic carbocycles. The van der Waals surface area contributed by atoms with Crippen molar-refractivity contribution in [1.29, 1.82) is 5.26 Å². The molecule has 0 aliphatic heterocycles. The number of aryl methyl sites for hydroxylation is 2. The van der Waals surface area contributed by atoms with Gasteiger partial charge in [0.25, 0.3) is 0 Å². The fraction of sp³-hybridized carbons (Fsp3) is 0.0370. The number of benzene rings is 8. The van der Waals surface area contributed by atoms with Crippen LogP contribution in [0.1, 0.15) is 38.9 Å². The number of fused-ring (bicyclic) bond motifs is 1. The molecule has 4 heteroatoms. The number of anilines is 6. The zero-order chi connectivity index (χ0) is 39.8. The van der Waals surface area contributed by atoms with E-state index >= 15 is 0 Å². The van der Waals surface area contributed by atoms with E-state index in [-0.39, 0.29) is 0 Å². The van der Waals surface area contributed by atoms with Gasteiger partial charge in [-0.3, -0.25) is 0 Å². The van der Waals surface area contributed by atoms with Gasteiger partial charge in [0, 0.05) is 34.1 Å². The molecule has 8 aromatic carbocycles. The minimum absolute atomic E-state index is 0.511. The molecule has 0 amide bonds. The molecular formula is C54H40N4. The number of nitrogens with zero attached hydrogens (tertiary/aromatic N) is 4. The molecule has 0 atom stereocenters. The summed E-state index contributed by atoms with van der Waals surface area (Å²) in [6.07, 6.45) is 8.11. The van der Waals surface area contributed by atoms with Crippen molar-refractivity contribution in [2.45, 2.75) is 13.8 Å². The van der Waals surface area contributed by atoms with Gasteiger partial charge in [-0.15, -0.1) is 0 Å². The molecule has 58 heavy (non-hydrogen) atoms. The summed E-state index contributed by atoms with van der Waals surface area (Å²) < 4.78 is 0. The summed E-state index contributed by atoms with van der Waals surface area (Å²) in [7, 11) is 0. The molecule has 0 aromatic heterocycles. The summed E-state index contributed by atoms with van der Waals surface area (Å²) in [6.45, 7) is 12.2. The van der Waals surface area contributed by atoms with Gasteiger partial charge in [0.15, 0.2) is 5.69 Å². The Balaban J connectivity index is 1.03. The Morgan fingerprint density at radius 3 is 1.21 bits per heavy atom. The van der Waals surface area contributed by atoms with E-state index in [0.717, 1.165) is 67.2 Å². The maximum Gasteiger partial charge on any atom is 0.195 e. The summed E-state index contributed by atoms with van der Waals surface area (Å²) in [6, 6.07) is 64.9. The SMILES string of the molecule is [C-]#[N+]c1cc(C=Cc2ccc(N(c3ccccc3)c3ccc(C)cc3)cc2)cc2c(C#N)cc(C=Cc3ccc(N(c4ccccc4)c4ccc(C)cc4)cc3)cc12. The molecule has 8 rings (SSSR count). The van der Waals surface area contributed by atoms with E-state index in [1.165, 1.54) is 11.1 Å². The Morgan fingerprint density at radius 1 is 0.431 bits per heavy atom. The zero-order valence-corrected chi connectivity index (χ0v) is 32.4. The fourth-order valence-corrected chi connectivity index (χ4v) is 7.15. The first kappa shape index (κ1) is 37.0. The molecule has 0 spiro atoms. The Labute approximate surface area is 341 Å². The van der Waals surface area contributed by atoms with Gasteiger partial charge >= 0.3 is 0 Å². The lowest BCUT2D eigenvalue weighted by atomic mass is 9.97. The van der Waals surface area contributed by atoms with Gasteiger partial charge in [0.05, 0.1) is 18.2 Å². The lowest BCUT2D eigenvalue weighted by molar-refractivity contribution is 1.27. The summed E-state index contributed by atoms with van der Waals surface area (Å²) in [4.78, 5) is 8.38. The van der Waals surface area contributed by atoms with Crippen molar-refractivity contribution in [3.8, 4) is 6.07 Å². The summed E-state index contributed by atoms with van der Waals surface area (Å²) in [5.41, 5.74) is 13.7. The first-order valence-electron chi connectivity index (χ1n) is 19.3. The Bertz CT molecular complexity index is 2630. The molecule has 276 valence electrons. The topological polar surface area (TPSA) is 34.6 Å². The van der Waals surface area contributed by atoms with Gasteiger partial charge in [0.2, 0.25) is 0 Å². The maximum absolute atomic E-state index is 10.3. The standard InChI is InChI=1S/C54H40N4/c1-39-14-26-48(27-15-39)57(46-10-6-4-7-11-46)50-30-22-41(23-31-50)18-20-43-34-45(38-55)52-35-44(37-54(56-3)53(52)36-43)21-19-42-24-32-51(33-25-42)58(47-12-8-5-9-13-47)49-28-16-40(2)17-29-49/h4-37H,1-2H3. The third-order valence-corrected chi connectivity index (χ3v) is 10.2. The zero-order valence-electron chi connectivity index (χ0n) is 32.4. The van der Waals surface area contributed by atoms with Crippen LogP contribution in [-0.2, 0) is 0 Å². The number of rotatable bonds is 10. The minimum Gasteiger partial charge on any atom is -0.311 e. The van der Waals surface area contributed by atoms with Gasteiger partial charge < -0.3 is 9.80 Å². The quantitative estimate of drug-likeness (QED) is 0.103. The first-order valence-corrected chi connectivity index (χ1v) is 19.3. The second-order valence-electron chi connectivity index (χ2n) is 14.3. The average molecular weight is 745 g/mol. The lowest BCUT2D eigenvalue weighted by Crippen LogP contribution is -2.09.